The lowest BCUT2D eigenvalue weighted by Crippen LogP contribution is -2.02. The van der Waals surface area contributed by atoms with Crippen LogP contribution >= 0.6 is 11.5 Å². The number of nitrogens with one attached hydrogen (secondary N) is 1. The van der Waals surface area contributed by atoms with Gasteiger partial charge in [0.2, 0.25) is 0 Å². The average molecular weight is 287 g/mol. The summed E-state index contributed by atoms with van der Waals surface area (Å²) in [5.74, 6) is 0.955. The van der Waals surface area contributed by atoms with Gasteiger partial charge in [0.25, 0.3) is 0 Å². The molecule has 0 saturated carbocycles. The van der Waals surface area contributed by atoms with Gasteiger partial charge in [0.05, 0.1) is 11.3 Å². The molecule has 0 aliphatic carbocycles. The molecule has 0 aromatic carbocycles. The molecule has 0 fully saturated rings. The van der Waals surface area contributed by atoms with Crippen molar-refractivity contribution in [2.45, 2.75) is 26.8 Å². The van der Waals surface area contributed by atoms with Gasteiger partial charge < -0.3 is 9.88 Å². The van der Waals surface area contributed by atoms with E-state index in [0.29, 0.717) is 0 Å². The Bertz CT molecular complexity index is 743. The minimum atomic E-state index is 0.904. The number of pyridine rings is 1. The number of rotatable bonds is 4. The van der Waals surface area contributed by atoms with E-state index in [1.54, 1.807) is 0 Å². The van der Waals surface area contributed by atoms with E-state index < -0.39 is 0 Å². The first-order valence-electron chi connectivity index (χ1n) is 6.72. The maximum atomic E-state index is 4.77. The van der Waals surface area contributed by atoms with Gasteiger partial charge in [-0.05, 0) is 37.0 Å². The van der Waals surface area contributed by atoms with Gasteiger partial charge in [-0.2, -0.15) is 4.37 Å². The molecule has 0 saturated heterocycles. The first-order chi connectivity index (χ1) is 9.76. The third-order valence-electron chi connectivity index (χ3n) is 3.26. The maximum absolute atomic E-state index is 4.77. The van der Waals surface area contributed by atoms with E-state index in [9.17, 15) is 0 Å². The van der Waals surface area contributed by atoms with Gasteiger partial charge in [-0.25, -0.2) is 9.97 Å². The lowest BCUT2D eigenvalue weighted by molar-refractivity contribution is 0.698. The number of aryl methyl sites for hydroxylation is 2. The Hall–Kier alpha value is -1.95. The zero-order valence-corrected chi connectivity index (χ0v) is 12.7. The third-order valence-corrected chi connectivity index (χ3v) is 4.22. The number of imidazole rings is 1. The van der Waals surface area contributed by atoms with Crippen LogP contribution in [0.1, 0.15) is 19.0 Å². The standard InChI is InChI=1S/C14H17N5S/c1-4-8-19-12-10(6-5-7-16-12)17-13(19)11-9(2)18-20-14(11)15-3/h5-7,15H,4,8H2,1-3H3. The van der Waals surface area contributed by atoms with E-state index in [-0.39, 0.29) is 0 Å². The van der Waals surface area contributed by atoms with Crippen LogP contribution < -0.4 is 5.32 Å². The Morgan fingerprint density at radius 1 is 1.40 bits per heavy atom. The van der Waals surface area contributed by atoms with Crippen molar-refractivity contribution in [1.82, 2.24) is 18.9 Å². The smallest absolute Gasteiger partial charge is 0.160 e. The van der Waals surface area contributed by atoms with Crippen LogP contribution in [0.25, 0.3) is 22.6 Å². The topological polar surface area (TPSA) is 55.6 Å². The summed E-state index contributed by atoms with van der Waals surface area (Å²) in [4.78, 5) is 9.25. The molecule has 3 aromatic rings. The Morgan fingerprint density at radius 3 is 3.00 bits per heavy atom. The predicted molar refractivity (Wildman–Crippen MR) is 83.2 cm³/mol. The molecule has 0 atom stereocenters. The lowest BCUT2D eigenvalue weighted by Gasteiger charge is -2.08. The number of fused-ring (bicyclic) bond motifs is 1. The Morgan fingerprint density at radius 2 is 2.25 bits per heavy atom. The zero-order chi connectivity index (χ0) is 14.1. The van der Waals surface area contributed by atoms with Crippen LogP contribution in [-0.4, -0.2) is 26.0 Å². The Balaban J connectivity index is 2.29. The van der Waals surface area contributed by atoms with Gasteiger partial charge in [-0.15, -0.1) is 0 Å². The van der Waals surface area contributed by atoms with Gasteiger partial charge in [0, 0.05) is 19.8 Å². The number of anilines is 1. The van der Waals surface area contributed by atoms with Crippen LogP contribution in [0.3, 0.4) is 0 Å². The highest BCUT2D eigenvalue weighted by Crippen LogP contribution is 2.35. The number of aromatic nitrogens is 4. The second-order valence-corrected chi connectivity index (χ2v) is 5.43. The van der Waals surface area contributed by atoms with Crippen molar-refractivity contribution >= 4 is 27.7 Å². The number of hydrogen-bond acceptors (Lipinski definition) is 5. The monoisotopic (exact) mass is 287 g/mol. The molecule has 3 heterocycles. The summed E-state index contributed by atoms with van der Waals surface area (Å²) < 4.78 is 6.63. The molecule has 6 heteroatoms. The zero-order valence-electron chi connectivity index (χ0n) is 11.8. The second-order valence-electron chi connectivity index (χ2n) is 4.66. The largest absolute Gasteiger partial charge is 0.378 e. The van der Waals surface area contributed by atoms with Crippen molar-refractivity contribution in [2.75, 3.05) is 12.4 Å². The summed E-state index contributed by atoms with van der Waals surface area (Å²) in [5.41, 5.74) is 3.97. The van der Waals surface area contributed by atoms with Gasteiger partial charge in [0.1, 0.15) is 16.3 Å². The molecule has 1 N–H and O–H groups in total. The summed E-state index contributed by atoms with van der Waals surface area (Å²) in [6.07, 6.45) is 2.86. The molecule has 5 nitrogen and oxygen atoms in total. The van der Waals surface area contributed by atoms with E-state index in [1.807, 2.05) is 32.3 Å². The van der Waals surface area contributed by atoms with Crippen molar-refractivity contribution < 1.29 is 0 Å². The average Bonchev–Trinajstić information content (AvgIpc) is 3.00. The molecular weight excluding hydrogens is 270 g/mol. The molecule has 0 bridgehead atoms. The molecule has 104 valence electrons. The van der Waals surface area contributed by atoms with E-state index >= 15 is 0 Å². The molecule has 3 rings (SSSR count). The fraction of sp³-hybridized carbons (Fsp3) is 0.357. The van der Waals surface area contributed by atoms with Crippen molar-refractivity contribution in [3.8, 4) is 11.4 Å². The van der Waals surface area contributed by atoms with E-state index in [2.05, 4.69) is 26.2 Å². The number of nitrogens with zero attached hydrogens (tertiary/aromatic N) is 4. The predicted octanol–water partition coefficient (Wildman–Crippen LogP) is 3.31. The summed E-state index contributed by atoms with van der Waals surface area (Å²) >= 11 is 1.47. The molecular formula is C14H17N5S. The van der Waals surface area contributed by atoms with Crippen LogP contribution in [0, 0.1) is 6.92 Å². The third kappa shape index (κ3) is 1.96. The van der Waals surface area contributed by atoms with Crippen LogP contribution in [0.15, 0.2) is 18.3 Å². The van der Waals surface area contributed by atoms with Gasteiger partial charge in [-0.1, -0.05) is 6.92 Å². The van der Waals surface area contributed by atoms with Gasteiger partial charge in [-0.3, -0.25) is 0 Å². The molecule has 3 aromatic heterocycles. The van der Waals surface area contributed by atoms with Crippen molar-refractivity contribution in [2.24, 2.45) is 0 Å². The van der Waals surface area contributed by atoms with E-state index in [4.69, 9.17) is 4.98 Å². The molecule has 0 unspecified atom stereocenters. The SMILES string of the molecule is CCCn1c(-c2c(C)nsc2NC)nc2cccnc21. The summed E-state index contributed by atoms with van der Waals surface area (Å²) in [6.45, 7) is 5.09. The minimum Gasteiger partial charge on any atom is -0.378 e. The fourth-order valence-electron chi connectivity index (χ4n) is 2.39. The number of hydrogen-bond donors (Lipinski definition) is 1. The van der Waals surface area contributed by atoms with E-state index in [0.717, 1.165) is 46.2 Å². The molecule has 0 amide bonds. The summed E-state index contributed by atoms with van der Waals surface area (Å²) in [7, 11) is 1.92. The van der Waals surface area contributed by atoms with Crippen LogP contribution in [0.4, 0.5) is 5.00 Å². The highest BCUT2D eigenvalue weighted by Gasteiger charge is 2.19. The van der Waals surface area contributed by atoms with Crippen LogP contribution in [0.5, 0.6) is 0 Å². The lowest BCUT2D eigenvalue weighted by atomic mass is 10.2. The Labute approximate surface area is 121 Å². The molecule has 0 aliphatic heterocycles. The van der Waals surface area contributed by atoms with Gasteiger partial charge >= 0.3 is 0 Å². The highest BCUT2D eigenvalue weighted by atomic mass is 32.1. The fourth-order valence-corrected chi connectivity index (χ4v) is 3.13. The summed E-state index contributed by atoms with van der Waals surface area (Å²) in [6, 6.07) is 3.93. The maximum Gasteiger partial charge on any atom is 0.160 e. The van der Waals surface area contributed by atoms with Crippen molar-refractivity contribution in [1.29, 1.82) is 0 Å². The quantitative estimate of drug-likeness (QED) is 0.800. The first-order valence-corrected chi connectivity index (χ1v) is 7.49. The highest BCUT2D eigenvalue weighted by molar-refractivity contribution is 7.10. The second kappa shape index (κ2) is 5.20. The first kappa shape index (κ1) is 13.1. The Kier molecular flexibility index (Phi) is 3.40. The summed E-state index contributed by atoms with van der Waals surface area (Å²) in [5, 5.41) is 4.26. The minimum absolute atomic E-state index is 0.904. The van der Waals surface area contributed by atoms with Crippen molar-refractivity contribution in [3.63, 3.8) is 0 Å². The van der Waals surface area contributed by atoms with Crippen LogP contribution in [0.2, 0.25) is 0 Å². The van der Waals surface area contributed by atoms with Crippen molar-refractivity contribution in [3.05, 3.63) is 24.0 Å². The molecule has 0 spiro atoms. The molecule has 0 aliphatic rings. The van der Waals surface area contributed by atoms with Crippen LogP contribution in [-0.2, 0) is 6.54 Å². The normalized spacial score (nSPS) is 11.2. The molecule has 20 heavy (non-hydrogen) atoms. The van der Waals surface area contributed by atoms with Gasteiger partial charge in [0.15, 0.2) is 5.65 Å². The molecule has 0 radical (unpaired) electrons. The van der Waals surface area contributed by atoms with E-state index in [1.165, 1.54) is 11.5 Å².